The van der Waals surface area contributed by atoms with Crippen LogP contribution in [0.25, 0.3) is 12.2 Å². The summed E-state index contributed by atoms with van der Waals surface area (Å²) in [6.07, 6.45) is 5.29. The molecule has 0 saturated heterocycles. The van der Waals surface area contributed by atoms with Crippen LogP contribution in [0.4, 0.5) is 4.39 Å². The zero-order valence-electron chi connectivity index (χ0n) is 11.7. The van der Waals surface area contributed by atoms with Crippen molar-refractivity contribution in [2.24, 2.45) is 0 Å². The fourth-order valence-corrected chi connectivity index (χ4v) is 2.32. The Kier molecular flexibility index (Phi) is 4.69. The van der Waals surface area contributed by atoms with E-state index < -0.39 is 0 Å². The Bertz CT molecular complexity index is 864. The second kappa shape index (κ2) is 6.89. The zero-order chi connectivity index (χ0) is 16.2. The van der Waals surface area contributed by atoms with Crippen LogP contribution in [0, 0.1) is 5.82 Å². The Hall–Kier alpha value is -2.24. The summed E-state index contributed by atoms with van der Waals surface area (Å²) in [6, 6.07) is 7.57. The summed E-state index contributed by atoms with van der Waals surface area (Å²) in [5.74, 6) is 0.355. The molecule has 0 atom stereocenters. The average molecular weight is 350 g/mol. The number of pyridine rings is 1. The van der Waals surface area contributed by atoms with Gasteiger partial charge in [0.2, 0.25) is 11.8 Å². The molecule has 0 aliphatic heterocycles. The van der Waals surface area contributed by atoms with Gasteiger partial charge in [0.05, 0.1) is 17.1 Å². The average Bonchev–Trinajstić information content (AvgIpc) is 2.94. The summed E-state index contributed by atoms with van der Waals surface area (Å²) in [6.45, 7) is 0. The Labute approximate surface area is 141 Å². The lowest BCUT2D eigenvalue weighted by Crippen LogP contribution is -1.91. The number of aromatic nitrogens is 3. The van der Waals surface area contributed by atoms with E-state index in [4.69, 9.17) is 27.6 Å². The zero-order valence-corrected chi connectivity index (χ0v) is 13.2. The van der Waals surface area contributed by atoms with Gasteiger partial charge in [0.1, 0.15) is 5.82 Å². The molecule has 0 radical (unpaired) electrons. The maximum absolute atomic E-state index is 13.0. The van der Waals surface area contributed by atoms with Crippen LogP contribution in [-0.2, 0) is 6.42 Å². The molecule has 0 bridgehead atoms. The normalized spacial score (nSPS) is 11.3. The Morgan fingerprint density at radius 3 is 2.74 bits per heavy atom. The first kappa shape index (κ1) is 15.6. The van der Waals surface area contributed by atoms with Gasteiger partial charge in [-0.25, -0.2) is 4.39 Å². The van der Waals surface area contributed by atoms with E-state index in [0.717, 1.165) is 5.69 Å². The second-order valence-electron chi connectivity index (χ2n) is 4.68. The van der Waals surface area contributed by atoms with Crippen molar-refractivity contribution in [2.45, 2.75) is 6.42 Å². The lowest BCUT2D eigenvalue weighted by atomic mass is 10.2. The van der Waals surface area contributed by atoms with Crippen molar-refractivity contribution in [3.05, 3.63) is 75.4 Å². The summed E-state index contributed by atoms with van der Waals surface area (Å²) in [5.41, 5.74) is 1.39. The van der Waals surface area contributed by atoms with E-state index in [9.17, 15) is 4.39 Å². The number of hydrogen-bond acceptors (Lipinski definition) is 4. The van der Waals surface area contributed by atoms with Crippen LogP contribution in [0.15, 0.2) is 40.9 Å². The molecular weight excluding hydrogens is 340 g/mol. The SMILES string of the molecule is Fc1ccc(/C=C/c2nnc(Cc3cc(Cl)ccn3)o2)c(Cl)c1. The standard InChI is InChI=1S/C16H10Cl2FN3O/c17-11-5-6-20-13(7-11)9-16-22-21-15(23-16)4-2-10-1-3-12(19)8-14(10)18/h1-8H,9H2/b4-2+. The van der Waals surface area contributed by atoms with Crippen molar-refractivity contribution in [3.63, 3.8) is 0 Å². The Morgan fingerprint density at radius 1 is 1.09 bits per heavy atom. The maximum Gasteiger partial charge on any atom is 0.240 e. The molecule has 0 spiro atoms. The molecule has 23 heavy (non-hydrogen) atoms. The number of nitrogens with zero attached hydrogens (tertiary/aromatic N) is 3. The predicted molar refractivity (Wildman–Crippen MR) is 86.7 cm³/mol. The van der Waals surface area contributed by atoms with Gasteiger partial charge in [-0.3, -0.25) is 4.98 Å². The topological polar surface area (TPSA) is 51.8 Å². The van der Waals surface area contributed by atoms with Crippen LogP contribution in [0.3, 0.4) is 0 Å². The number of hydrogen-bond donors (Lipinski definition) is 0. The van der Waals surface area contributed by atoms with Gasteiger partial charge in [-0.1, -0.05) is 29.3 Å². The highest BCUT2D eigenvalue weighted by Crippen LogP contribution is 2.20. The van der Waals surface area contributed by atoms with E-state index in [1.54, 1.807) is 36.5 Å². The molecule has 3 aromatic rings. The predicted octanol–water partition coefficient (Wildman–Crippen LogP) is 4.67. The summed E-state index contributed by atoms with van der Waals surface area (Å²) in [4.78, 5) is 4.17. The van der Waals surface area contributed by atoms with Crippen LogP contribution in [0.5, 0.6) is 0 Å². The van der Waals surface area contributed by atoms with Crippen molar-refractivity contribution in [2.75, 3.05) is 0 Å². The summed E-state index contributed by atoms with van der Waals surface area (Å²) < 4.78 is 18.5. The smallest absolute Gasteiger partial charge is 0.240 e. The van der Waals surface area contributed by atoms with Gasteiger partial charge in [-0.2, -0.15) is 0 Å². The lowest BCUT2D eigenvalue weighted by molar-refractivity contribution is 0.495. The summed E-state index contributed by atoms with van der Waals surface area (Å²) in [5, 5.41) is 8.77. The van der Waals surface area contributed by atoms with Gasteiger partial charge < -0.3 is 4.42 Å². The van der Waals surface area contributed by atoms with Crippen molar-refractivity contribution in [1.29, 1.82) is 0 Å². The van der Waals surface area contributed by atoms with Gasteiger partial charge in [-0.15, -0.1) is 10.2 Å². The fraction of sp³-hybridized carbons (Fsp3) is 0.0625. The first-order valence-electron chi connectivity index (χ1n) is 6.66. The third-order valence-electron chi connectivity index (χ3n) is 2.96. The quantitative estimate of drug-likeness (QED) is 0.686. The molecule has 0 aliphatic rings. The Morgan fingerprint density at radius 2 is 1.96 bits per heavy atom. The minimum Gasteiger partial charge on any atom is -0.421 e. The molecule has 3 rings (SSSR count). The number of benzene rings is 1. The van der Waals surface area contributed by atoms with Gasteiger partial charge >= 0.3 is 0 Å². The molecule has 0 fully saturated rings. The maximum atomic E-state index is 13.0. The Balaban J connectivity index is 1.73. The molecule has 0 unspecified atom stereocenters. The van der Waals surface area contributed by atoms with E-state index in [2.05, 4.69) is 15.2 Å². The number of rotatable bonds is 4. The second-order valence-corrected chi connectivity index (χ2v) is 5.52. The highest BCUT2D eigenvalue weighted by Gasteiger charge is 2.07. The van der Waals surface area contributed by atoms with E-state index in [0.29, 0.717) is 33.8 Å². The number of halogens is 3. The molecular formula is C16H10Cl2FN3O. The minimum absolute atomic E-state index is 0.309. The first-order chi connectivity index (χ1) is 11.1. The van der Waals surface area contributed by atoms with E-state index >= 15 is 0 Å². The molecule has 1 aromatic carbocycles. The molecule has 0 aliphatic carbocycles. The molecule has 4 nitrogen and oxygen atoms in total. The fourth-order valence-electron chi connectivity index (χ4n) is 1.90. The van der Waals surface area contributed by atoms with Gasteiger partial charge in [0.15, 0.2) is 0 Å². The minimum atomic E-state index is -0.388. The first-order valence-corrected chi connectivity index (χ1v) is 7.42. The molecule has 7 heteroatoms. The van der Waals surface area contributed by atoms with Crippen LogP contribution in [-0.4, -0.2) is 15.2 Å². The van der Waals surface area contributed by atoms with Crippen LogP contribution in [0.1, 0.15) is 23.0 Å². The van der Waals surface area contributed by atoms with Crippen molar-refractivity contribution < 1.29 is 8.81 Å². The molecule has 2 heterocycles. The lowest BCUT2D eigenvalue weighted by Gasteiger charge is -1.97. The van der Waals surface area contributed by atoms with Gasteiger partial charge in [-0.05, 0) is 35.9 Å². The molecule has 0 amide bonds. The molecule has 0 saturated carbocycles. The van der Waals surface area contributed by atoms with E-state index in [-0.39, 0.29) is 5.82 Å². The highest BCUT2D eigenvalue weighted by atomic mass is 35.5. The van der Waals surface area contributed by atoms with E-state index in [1.165, 1.54) is 12.1 Å². The highest BCUT2D eigenvalue weighted by molar-refractivity contribution is 6.32. The summed E-state index contributed by atoms with van der Waals surface area (Å²) in [7, 11) is 0. The largest absolute Gasteiger partial charge is 0.421 e. The third kappa shape index (κ3) is 4.15. The molecule has 2 aromatic heterocycles. The van der Waals surface area contributed by atoms with Crippen molar-refractivity contribution in [1.82, 2.24) is 15.2 Å². The third-order valence-corrected chi connectivity index (χ3v) is 3.52. The molecule has 116 valence electrons. The van der Waals surface area contributed by atoms with Gasteiger partial charge in [0, 0.05) is 17.3 Å². The van der Waals surface area contributed by atoms with Crippen LogP contribution >= 0.6 is 23.2 Å². The van der Waals surface area contributed by atoms with Gasteiger partial charge in [0.25, 0.3) is 0 Å². The van der Waals surface area contributed by atoms with Crippen molar-refractivity contribution >= 4 is 35.4 Å². The summed E-state index contributed by atoms with van der Waals surface area (Å²) >= 11 is 11.8. The monoisotopic (exact) mass is 349 g/mol. The van der Waals surface area contributed by atoms with Crippen LogP contribution in [0.2, 0.25) is 10.0 Å². The molecule has 0 N–H and O–H groups in total. The van der Waals surface area contributed by atoms with Crippen molar-refractivity contribution in [3.8, 4) is 0 Å². The van der Waals surface area contributed by atoms with E-state index in [1.807, 2.05) is 0 Å². The van der Waals surface area contributed by atoms with Crippen LogP contribution < -0.4 is 0 Å².